The maximum absolute atomic E-state index is 5.79. The Morgan fingerprint density at radius 2 is 1.06 bits per heavy atom. The van der Waals surface area contributed by atoms with Crippen LogP contribution in [0.4, 0.5) is 0 Å². The highest BCUT2D eigenvalue weighted by Gasteiger charge is 2.37. The summed E-state index contributed by atoms with van der Waals surface area (Å²) in [7, 11) is 0. The highest BCUT2D eigenvalue weighted by molar-refractivity contribution is 7.80. The third-order valence-electron chi connectivity index (χ3n) is 10.2. The molecule has 0 aromatic heterocycles. The van der Waals surface area contributed by atoms with E-state index < -0.39 is 0 Å². The molecule has 2 N–H and O–H groups in total. The van der Waals surface area contributed by atoms with Crippen molar-refractivity contribution in [3.63, 3.8) is 0 Å². The number of hydrogen-bond donors (Lipinski definition) is 2. The van der Waals surface area contributed by atoms with Crippen molar-refractivity contribution in [1.82, 2.24) is 20.4 Å². The Balaban J connectivity index is 0.835. The van der Waals surface area contributed by atoms with E-state index in [-0.39, 0.29) is 0 Å². The zero-order valence-electron chi connectivity index (χ0n) is 21.2. The Morgan fingerprint density at radius 3 is 1.40 bits per heavy atom. The van der Waals surface area contributed by atoms with Crippen LogP contribution >= 0.6 is 24.4 Å². The number of nitrogens with one attached hydrogen (secondary N) is 2. The van der Waals surface area contributed by atoms with Gasteiger partial charge in [-0.1, -0.05) is 43.6 Å². The van der Waals surface area contributed by atoms with Gasteiger partial charge in [0, 0.05) is 38.3 Å². The van der Waals surface area contributed by atoms with Crippen molar-refractivity contribution in [2.75, 3.05) is 26.2 Å². The quantitative estimate of drug-likeness (QED) is 0.373. The maximum Gasteiger partial charge on any atom is 0.169 e. The molecule has 2 heterocycles. The summed E-state index contributed by atoms with van der Waals surface area (Å²) in [6, 6.07) is 1.17. The zero-order chi connectivity index (χ0) is 23.8. The van der Waals surface area contributed by atoms with Gasteiger partial charge in [-0.15, -0.1) is 0 Å². The summed E-state index contributed by atoms with van der Waals surface area (Å²) >= 11 is 11.6. The molecule has 0 unspecified atom stereocenters. The average Bonchev–Trinajstić information content (AvgIpc) is 3.68. The second-order valence-electron chi connectivity index (χ2n) is 12.5. The van der Waals surface area contributed by atoms with Crippen LogP contribution in [0, 0.1) is 35.5 Å². The van der Waals surface area contributed by atoms with Crippen molar-refractivity contribution < 1.29 is 0 Å². The van der Waals surface area contributed by atoms with Gasteiger partial charge in [-0.25, -0.2) is 0 Å². The Morgan fingerprint density at radius 1 is 0.629 bits per heavy atom. The lowest BCUT2D eigenvalue weighted by Gasteiger charge is -2.37. The molecule has 2 aliphatic heterocycles. The maximum atomic E-state index is 5.79. The van der Waals surface area contributed by atoms with Gasteiger partial charge in [-0.3, -0.25) is 0 Å². The number of piperidine rings is 2. The summed E-state index contributed by atoms with van der Waals surface area (Å²) in [5, 5.41) is 9.45. The first-order valence-corrected chi connectivity index (χ1v) is 15.4. The van der Waals surface area contributed by atoms with Crippen molar-refractivity contribution in [2.45, 2.75) is 82.7 Å². The summed E-state index contributed by atoms with van der Waals surface area (Å²) in [5.41, 5.74) is 0. The topological polar surface area (TPSA) is 30.5 Å². The van der Waals surface area contributed by atoms with E-state index in [1.807, 2.05) is 0 Å². The molecule has 4 nitrogen and oxygen atoms in total. The average molecular weight is 513 g/mol. The van der Waals surface area contributed by atoms with Gasteiger partial charge in [-0.2, -0.15) is 0 Å². The molecule has 4 aliphatic carbocycles. The first kappa shape index (κ1) is 24.2. The number of hydrogen-bond acceptors (Lipinski definition) is 2. The predicted octanol–water partition coefficient (Wildman–Crippen LogP) is 5.26. The Labute approximate surface area is 223 Å². The molecule has 0 spiro atoms. The van der Waals surface area contributed by atoms with Gasteiger partial charge in [0.15, 0.2) is 10.2 Å². The monoisotopic (exact) mass is 512 g/mol. The fraction of sp³-hybridized carbons (Fsp3) is 0.793. The van der Waals surface area contributed by atoms with E-state index in [1.54, 1.807) is 0 Å². The Hall–Kier alpha value is -1.14. The molecule has 192 valence electrons. The molecule has 4 fully saturated rings. The van der Waals surface area contributed by atoms with Crippen LogP contribution in [0.15, 0.2) is 24.3 Å². The van der Waals surface area contributed by atoms with Crippen LogP contribution in [-0.2, 0) is 0 Å². The van der Waals surface area contributed by atoms with E-state index in [0.717, 1.165) is 60.1 Å². The van der Waals surface area contributed by atoms with Gasteiger partial charge < -0.3 is 20.4 Å². The molecule has 0 aromatic carbocycles. The van der Waals surface area contributed by atoms with Gasteiger partial charge in [0.2, 0.25) is 0 Å². The predicted molar refractivity (Wildman–Crippen MR) is 152 cm³/mol. The van der Waals surface area contributed by atoms with E-state index >= 15 is 0 Å². The first-order valence-electron chi connectivity index (χ1n) is 14.6. The van der Waals surface area contributed by atoms with Gasteiger partial charge >= 0.3 is 0 Å². The van der Waals surface area contributed by atoms with Crippen LogP contribution in [-0.4, -0.2) is 58.3 Å². The fourth-order valence-corrected chi connectivity index (χ4v) is 8.61. The minimum Gasteiger partial charge on any atom is -0.359 e. The largest absolute Gasteiger partial charge is 0.359 e. The summed E-state index contributed by atoms with van der Waals surface area (Å²) in [6.45, 7) is 4.59. The van der Waals surface area contributed by atoms with Crippen molar-refractivity contribution >= 4 is 34.7 Å². The summed E-state index contributed by atoms with van der Waals surface area (Å²) in [4.78, 5) is 4.89. The third-order valence-corrected chi connectivity index (χ3v) is 11.0. The Bertz CT molecular complexity index is 772. The van der Waals surface area contributed by atoms with E-state index in [1.165, 1.54) is 70.6 Å². The van der Waals surface area contributed by atoms with Gasteiger partial charge in [0.25, 0.3) is 0 Å². The Kier molecular flexibility index (Phi) is 7.39. The molecule has 0 amide bonds. The number of fused-ring (bicyclic) bond motifs is 4. The number of rotatable bonds is 6. The molecular weight excluding hydrogens is 468 g/mol. The molecule has 2 saturated heterocycles. The lowest BCUT2D eigenvalue weighted by Crippen LogP contribution is -2.48. The number of nitrogens with zero attached hydrogens (tertiary/aromatic N) is 2. The molecule has 6 rings (SSSR count). The van der Waals surface area contributed by atoms with Crippen LogP contribution in [0.5, 0.6) is 0 Å². The van der Waals surface area contributed by atoms with E-state index in [4.69, 9.17) is 24.4 Å². The lowest BCUT2D eigenvalue weighted by molar-refractivity contribution is 0.224. The fourth-order valence-electron chi connectivity index (χ4n) is 7.94. The summed E-state index contributed by atoms with van der Waals surface area (Å²) in [5.74, 6) is 4.83. The molecule has 4 bridgehead atoms. The van der Waals surface area contributed by atoms with Crippen molar-refractivity contribution in [2.24, 2.45) is 35.5 Å². The highest BCUT2D eigenvalue weighted by Crippen LogP contribution is 2.40. The van der Waals surface area contributed by atoms with Crippen LogP contribution in [0.3, 0.4) is 0 Å². The number of likely N-dealkylation sites (tertiary alicyclic amines) is 2. The number of allylic oxidation sites excluding steroid dienone is 2. The second kappa shape index (κ2) is 10.7. The molecule has 6 atom stereocenters. The smallest absolute Gasteiger partial charge is 0.169 e. The molecular formula is C29H44N4S2. The second-order valence-corrected chi connectivity index (χ2v) is 13.2. The first-order chi connectivity index (χ1) is 17.1. The normalized spacial score (nSPS) is 36.3. The molecule has 6 aliphatic rings. The van der Waals surface area contributed by atoms with Gasteiger partial charge in [0.05, 0.1) is 0 Å². The van der Waals surface area contributed by atoms with E-state index in [2.05, 4.69) is 44.7 Å². The van der Waals surface area contributed by atoms with Crippen LogP contribution in [0.1, 0.15) is 70.6 Å². The number of thiocarbonyl (C=S) groups is 2. The highest BCUT2D eigenvalue weighted by atomic mass is 32.1. The van der Waals surface area contributed by atoms with Gasteiger partial charge in [0.1, 0.15) is 0 Å². The van der Waals surface area contributed by atoms with Crippen molar-refractivity contribution in [3.8, 4) is 0 Å². The minimum atomic E-state index is 0.585. The lowest BCUT2D eigenvalue weighted by atomic mass is 9.87. The van der Waals surface area contributed by atoms with Crippen LogP contribution in [0.2, 0.25) is 0 Å². The third kappa shape index (κ3) is 5.58. The zero-order valence-corrected chi connectivity index (χ0v) is 22.9. The van der Waals surface area contributed by atoms with Crippen LogP contribution in [0.25, 0.3) is 0 Å². The standard InChI is InChI=1S/C29H44N4S2/c34-28(30-26-18-22-4-6-24(26)16-22)32-12-8-20(9-13-32)2-1-3-21-10-14-33(15-11-21)29(35)31-27-19-23-5-7-25(27)17-23/h4-7,20-27H,1-3,8-19H2,(H,30,34)(H,31,35)/t22-,23-,24-,25-,26-,27-/m1/s1. The minimum absolute atomic E-state index is 0.585. The van der Waals surface area contributed by atoms with Gasteiger partial charge in [-0.05, 0) is 111 Å². The SMILES string of the molecule is S=C(N[C@@H]1C[C@@H]2C=C[C@@H]1C2)N1CCC(CCCC2CCN(C(=S)N[C@@H]3C[C@@H]4C=C[C@@H]3C4)CC2)CC1. The molecule has 6 heteroatoms. The summed E-state index contributed by atoms with van der Waals surface area (Å²) < 4.78 is 0. The van der Waals surface area contributed by atoms with Crippen molar-refractivity contribution in [3.05, 3.63) is 24.3 Å². The molecule has 2 saturated carbocycles. The summed E-state index contributed by atoms with van der Waals surface area (Å²) in [6.07, 6.45) is 24.3. The molecule has 0 radical (unpaired) electrons. The van der Waals surface area contributed by atoms with Crippen LogP contribution < -0.4 is 10.6 Å². The van der Waals surface area contributed by atoms with E-state index in [9.17, 15) is 0 Å². The van der Waals surface area contributed by atoms with E-state index in [0.29, 0.717) is 23.9 Å². The molecule has 35 heavy (non-hydrogen) atoms. The van der Waals surface area contributed by atoms with Crippen molar-refractivity contribution in [1.29, 1.82) is 0 Å². The molecule has 0 aromatic rings.